The molecule has 0 saturated heterocycles. The minimum Gasteiger partial charge on any atom is -0.329 e. The number of likely N-dealkylation sites (N-methyl/N-ethyl adjacent to an activating group) is 1. The zero-order valence-electron chi connectivity index (χ0n) is 18.7. The lowest BCUT2D eigenvalue weighted by molar-refractivity contribution is -0.130. The molecule has 0 heterocycles. The molecule has 1 aliphatic carbocycles. The van der Waals surface area contributed by atoms with Gasteiger partial charge in [-0.3, -0.25) is 4.79 Å². The van der Waals surface area contributed by atoms with Gasteiger partial charge in [0.05, 0.1) is 17.5 Å². The summed E-state index contributed by atoms with van der Waals surface area (Å²) in [4.78, 5) is 14.9. The number of rotatable bonds is 12. The van der Waals surface area contributed by atoms with E-state index in [0.29, 0.717) is 6.42 Å². The molecule has 1 aromatic carbocycles. The van der Waals surface area contributed by atoms with Crippen molar-refractivity contribution in [3.63, 3.8) is 0 Å². The molecular formula is C23H36N4O2S. The van der Waals surface area contributed by atoms with Crippen LogP contribution in [0.25, 0.3) is 0 Å². The molecule has 166 valence electrons. The molecule has 0 spiro atoms. The summed E-state index contributed by atoms with van der Waals surface area (Å²) >= 11 is 0. The molecule has 0 bridgehead atoms. The molecule has 1 saturated carbocycles. The fourth-order valence-electron chi connectivity index (χ4n) is 4.01. The average Bonchev–Trinajstić information content (AvgIpc) is 2.71. The fraction of sp³-hybridized carbons (Fsp3) is 0.652. The Bertz CT molecular complexity index is 753. The first-order chi connectivity index (χ1) is 14.3. The highest BCUT2D eigenvalue weighted by molar-refractivity contribution is 7.83. The van der Waals surface area contributed by atoms with Crippen LogP contribution in [0.2, 0.25) is 0 Å². The molecule has 0 aromatic heterocycles. The maximum atomic E-state index is 12.6. The second kappa shape index (κ2) is 11.6. The summed E-state index contributed by atoms with van der Waals surface area (Å²) in [5.41, 5.74) is 1.05. The highest BCUT2D eigenvalue weighted by Gasteiger charge is 2.44. The largest absolute Gasteiger partial charge is 0.329 e. The molecule has 30 heavy (non-hydrogen) atoms. The molecule has 2 atom stereocenters. The number of nitrogens with one attached hydrogen (secondary N) is 2. The minimum atomic E-state index is -1.23. The highest BCUT2D eigenvalue weighted by Crippen LogP contribution is 2.37. The lowest BCUT2D eigenvalue weighted by Crippen LogP contribution is -2.63. The van der Waals surface area contributed by atoms with Crippen molar-refractivity contribution in [2.75, 3.05) is 13.6 Å². The first-order valence-electron chi connectivity index (χ1n) is 11.0. The summed E-state index contributed by atoms with van der Waals surface area (Å²) in [5, 5.41) is 12.7. The third-order valence-electron chi connectivity index (χ3n) is 6.05. The van der Waals surface area contributed by atoms with E-state index in [2.05, 4.69) is 23.0 Å². The van der Waals surface area contributed by atoms with Gasteiger partial charge >= 0.3 is 0 Å². The zero-order valence-corrected chi connectivity index (χ0v) is 19.6. The van der Waals surface area contributed by atoms with Gasteiger partial charge < -0.3 is 10.2 Å². The molecule has 2 N–H and O–H groups in total. The number of benzene rings is 1. The van der Waals surface area contributed by atoms with E-state index in [1.165, 1.54) is 4.90 Å². The second-order valence-corrected chi connectivity index (χ2v) is 9.70. The van der Waals surface area contributed by atoms with Gasteiger partial charge in [-0.05, 0) is 44.7 Å². The molecule has 1 fully saturated rings. The predicted molar refractivity (Wildman–Crippen MR) is 121 cm³/mol. The van der Waals surface area contributed by atoms with Crippen molar-refractivity contribution >= 4 is 16.9 Å². The molecule has 2 rings (SSSR count). The number of nitriles is 1. The van der Waals surface area contributed by atoms with Crippen LogP contribution in [-0.4, -0.2) is 46.2 Å². The second-order valence-electron chi connectivity index (χ2n) is 8.45. The van der Waals surface area contributed by atoms with Gasteiger partial charge in [-0.25, -0.2) is 8.93 Å². The van der Waals surface area contributed by atoms with Crippen LogP contribution < -0.4 is 10.0 Å². The van der Waals surface area contributed by atoms with Crippen LogP contribution in [0.3, 0.4) is 0 Å². The SMILES string of the molecule is CCCCCC1(NCC(=O)N(C)C(C#N)CC)CC(NS(=O)c2ccc(C)cc2)C1. The third kappa shape index (κ3) is 6.63. The van der Waals surface area contributed by atoms with Gasteiger partial charge in [0, 0.05) is 18.6 Å². The van der Waals surface area contributed by atoms with E-state index in [1.807, 2.05) is 38.1 Å². The van der Waals surface area contributed by atoms with E-state index >= 15 is 0 Å². The van der Waals surface area contributed by atoms with E-state index in [0.717, 1.165) is 49.0 Å². The Labute approximate surface area is 184 Å². The quantitative estimate of drug-likeness (QED) is 0.496. The molecule has 0 radical (unpaired) electrons. The average molecular weight is 433 g/mol. The van der Waals surface area contributed by atoms with Gasteiger partial charge in [-0.15, -0.1) is 0 Å². The van der Waals surface area contributed by atoms with Gasteiger partial charge in [0.2, 0.25) is 5.91 Å². The Kier molecular flexibility index (Phi) is 9.47. The molecule has 0 aliphatic heterocycles. The van der Waals surface area contributed by atoms with E-state index in [1.54, 1.807) is 7.05 Å². The standard InChI is InChI=1S/C23H36N4O2S/c1-5-7-8-13-23(25-17-22(28)27(4)20(6-2)16-24)14-19(15-23)26-30(29)21-11-9-18(3)10-12-21/h9-12,19-20,25-26H,5-8,13-15,17H2,1-4H3. The maximum Gasteiger partial charge on any atom is 0.237 e. The van der Waals surface area contributed by atoms with Gasteiger partial charge in [-0.2, -0.15) is 5.26 Å². The number of amides is 1. The number of nitrogens with zero attached hydrogens (tertiary/aromatic N) is 2. The maximum absolute atomic E-state index is 12.6. The normalized spacial score (nSPS) is 22.6. The Morgan fingerprint density at radius 1 is 1.30 bits per heavy atom. The van der Waals surface area contributed by atoms with E-state index in [9.17, 15) is 14.3 Å². The Balaban J connectivity index is 1.92. The third-order valence-corrected chi connectivity index (χ3v) is 7.30. The summed E-state index contributed by atoms with van der Waals surface area (Å²) in [6, 6.07) is 9.70. The van der Waals surface area contributed by atoms with E-state index in [4.69, 9.17) is 0 Å². The lowest BCUT2D eigenvalue weighted by Gasteiger charge is -2.49. The summed E-state index contributed by atoms with van der Waals surface area (Å²) < 4.78 is 15.9. The van der Waals surface area contributed by atoms with Crippen LogP contribution in [0.15, 0.2) is 29.2 Å². The van der Waals surface area contributed by atoms with Gasteiger partial charge in [-0.1, -0.05) is 50.8 Å². The lowest BCUT2D eigenvalue weighted by atomic mass is 9.70. The van der Waals surface area contributed by atoms with Crippen molar-refractivity contribution < 1.29 is 9.00 Å². The first-order valence-corrected chi connectivity index (χ1v) is 12.1. The van der Waals surface area contributed by atoms with E-state index in [-0.39, 0.29) is 30.1 Å². The monoisotopic (exact) mass is 432 g/mol. The Morgan fingerprint density at radius 3 is 2.53 bits per heavy atom. The zero-order chi connectivity index (χ0) is 22.1. The van der Waals surface area contributed by atoms with Crippen LogP contribution in [0.1, 0.15) is 64.4 Å². The molecule has 1 aromatic rings. The van der Waals surface area contributed by atoms with Crippen molar-refractivity contribution in [2.45, 2.75) is 88.2 Å². The van der Waals surface area contributed by atoms with Gasteiger partial charge in [0.1, 0.15) is 17.0 Å². The number of unbranched alkanes of at least 4 members (excludes halogenated alkanes) is 2. The summed E-state index contributed by atoms with van der Waals surface area (Å²) in [7, 11) is 0.467. The summed E-state index contributed by atoms with van der Waals surface area (Å²) in [6.07, 6.45) is 6.74. The number of hydrogen-bond acceptors (Lipinski definition) is 4. The Hall–Kier alpha value is -1.75. The van der Waals surface area contributed by atoms with Crippen molar-refractivity contribution in [1.82, 2.24) is 14.9 Å². The number of carbonyl (C=O) groups excluding carboxylic acids is 1. The number of aryl methyl sites for hydroxylation is 1. The number of hydrogen-bond donors (Lipinski definition) is 2. The van der Waals surface area contributed by atoms with Crippen LogP contribution in [0.4, 0.5) is 0 Å². The molecular weight excluding hydrogens is 396 g/mol. The number of carbonyl (C=O) groups is 1. The first kappa shape index (κ1) is 24.5. The van der Waals surface area contributed by atoms with Crippen LogP contribution in [0, 0.1) is 18.3 Å². The van der Waals surface area contributed by atoms with Crippen LogP contribution in [-0.2, 0) is 15.8 Å². The van der Waals surface area contributed by atoms with Crippen LogP contribution >= 0.6 is 0 Å². The molecule has 2 unspecified atom stereocenters. The van der Waals surface area contributed by atoms with Gasteiger partial charge in [0.15, 0.2) is 0 Å². The van der Waals surface area contributed by atoms with E-state index < -0.39 is 11.0 Å². The van der Waals surface area contributed by atoms with Crippen molar-refractivity contribution in [2.24, 2.45) is 0 Å². The van der Waals surface area contributed by atoms with Crippen molar-refractivity contribution in [3.05, 3.63) is 29.8 Å². The summed E-state index contributed by atoms with van der Waals surface area (Å²) in [5.74, 6) is -0.0575. The minimum absolute atomic E-state index is 0.0575. The summed E-state index contributed by atoms with van der Waals surface area (Å²) in [6.45, 7) is 6.34. The fourth-order valence-corrected chi connectivity index (χ4v) is 5.00. The molecule has 1 amide bonds. The topological polar surface area (TPSA) is 85.2 Å². The Morgan fingerprint density at radius 2 is 1.97 bits per heavy atom. The molecule has 6 nitrogen and oxygen atoms in total. The molecule has 7 heteroatoms. The van der Waals surface area contributed by atoms with Gasteiger partial charge in [0.25, 0.3) is 0 Å². The smallest absolute Gasteiger partial charge is 0.237 e. The van der Waals surface area contributed by atoms with Crippen LogP contribution in [0.5, 0.6) is 0 Å². The van der Waals surface area contributed by atoms with Crippen molar-refractivity contribution in [1.29, 1.82) is 5.26 Å². The molecule has 1 aliphatic rings. The predicted octanol–water partition coefficient (Wildman–Crippen LogP) is 3.44. The highest BCUT2D eigenvalue weighted by atomic mass is 32.2. The van der Waals surface area contributed by atoms with Crippen molar-refractivity contribution in [3.8, 4) is 6.07 Å².